The van der Waals surface area contributed by atoms with Crippen molar-refractivity contribution in [3.63, 3.8) is 0 Å². The number of nitrogens with zero attached hydrogens (tertiary/aromatic N) is 1. The first-order chi connectivity index (χ1) is 6.77. The Kier molecular flexibility index (Phi) is 4.40. The molecule has 0 saturated carbocycles. The van der Waals surface area contributed by atoms with E-state index in [0.29, 0.717) is 0 Å². The molecule has 1 heterocycles. The van der Waals surface area contributed by atoms with Gasteiger partial charge in [0.15, 0.2) is 0 Å². The molecule has 0 atom stereocenters. The van der Waals surface area contributed by atoms with E-state index in [1.165, 1.54) is 4.88 Å². The third kappa shape index (κ3) is 3.00. The molecule has 0 bridgehead atoms. The van der Waals surface area contributed by atoms with Gasteiger partial charge in [-0.25, -0.2) is 0 Å². The normalized spacial score (nSPS) is 10.7. The van der Waals surface area contributed by atoms with Crippen LogP contribution in [0.1, 0.15) is 18.7 Å². The molecule has 0 spiro atoms. The first-order valence-electron chi connectivity index (χ1n) is 4.72. The lowest BCUT2D eigenvalue weighted by atomic mass is 10.3. The summed E-state index contributed by atoms with van der Waals surface area (Å²) < 4.78 is 0. The van der Waals surface area contributed by atoms with Gasteiger partial charge in [0.2, 0.25) is 5.91 Å². The van der Waals surface area contributed by atoms with Gasteiger partial charge in [-0.15, -0.1) is 11.3 Å². The fourth-order valence-corrected chi connectivity index (χ4v) is 1.90. The highest BCUT2D eigenvalue weighted by Gasteiger charge is 2.08. The van der Waals surface area contributed by atoms with Crippen LogP contribution < -0.4 is 0 Å². The van der Waals surface area contributed by atoms with E-state index >= 15 is 0 Å². The van der Waals surface area contributed by atoms with Gasteiger partial charge in [-0.1, -0.05) is 12.1 Å². The second-order valence-corrected chi connectivity index (χ2v) is 3.96. The zero-order valence-corrected chi connectivity index (χ0v) is 9.38. The molecule has 0 aliphatic rings. The first-order valence-corrected chi connectivity index (χ1v) is 5.60. The van der Waals surface area contributed by atoms with Gasteiger partial charge in [-0.05, 0) is 31.4 Å². The highest BCUT2D eigenvalue weighted by atomic mass is 32.1. The number of hydrogen-bond acceptors (Lipinski definition) is 2. The molecular weight excluding hydrogens is 194 g/mol. The van der Waals surface area contributed by atoms with Gasteiger partial charge in [0.1, 0.15) is 0 Å². The summed E-state index contributed by atoms with van der Waals surface area (Å²) in [6, 6.07) is 4.06. The number of amides is 1. The molecule has 0 radical (unpaired) electrons. The maximum absolute atomic E-state index is 11.5. The van der Waals surface area contributed by atoms with Crippen LogP contribution >= 0.6 is 11.3 Å². The fourth-order valence-electron chi connectivity index (χ4n) is 1.18. The number of rotatable bonds is 4. The minimum Gasteiger partial charge on any atom is -0.334 e. The van der Waals surface area contributed by atoms with Crippen molar-refractivity contribution >= 4 is 17.2 Å². The van der Waals surface area contributed by atoms with Crippen molar-refractivity contribution in [1.29, 1.82) is 0 Å². The van der Waals surface area contributed by atoms with Crippen molar-refractivity contribution < 1.29 is 4.79 Å². The number of carbonyl (C=O) groups excluding carboxylic acids is 1. The van der Waals surface area contributed by atoms with E-state index in [2.05, 4.69) is 6.07 Å². The molecular formula is C11H15NOS. The minimum absolute atomic E-state index is 0.0865. The molecule has 1 rings (SSSR count). The molecule has 0 aromatic carbocycles. The van der Waals surface area contributed by atoms with Crippen LogP contribution in [-0.4, -0.2) is 17.4 Å². The van der Waals surface area contributed by atoms with Crippen LogP contribution in [0.5, 0.6) is 0 Å². The standard InChI is InChI=1S/C11H15NOS/c1-3-6-11(13)12(4-2)9-10-7-5-8-14-10/h3,5-8H,4,9H2,1-2H3. The Morgan fingerprint density at radius 3 is 2.93 bits per heavy atom. The molecule has 0 N–H and O–H groups in total. The van der Waals surface area contributed by atoms with Crippen LogP contribution in [-0.2, 0) is 11.3 Å². The van der Waals surface area contributed by atoms with Gasteiger partial charge in [-0.3, -0.25) is 4.79 Å². The molecule has 0 saturated heterocycles. The summed E-state index contributed by atoms with van der Waals surface area (Å²) in [5.74, 6) is 0.0865. The summed E-state index contributed by atoms with van der Waals surface area (Å²) in [7, 11) is 0. The van der Waals surface area contributed by atoms with Crippen LogP contribution in [0.3, 0.4) is 0 Å². The fraction of sp³-hybridized carbons (Fsp3) is 0.364. The van der Waals surface area contributed by atoms with Crippen LogP contribution in [0.2, 0.25) is 0 Å². The Morgan fingerprint density at radius 1 is 1.64 bits per heavy atom. The zero-order valence-electron chi connectivity index (χ0n) is 8.56. The monoisotopic (exact) mass is 209 g/mol. The predicted molar refractivity (Wildman–Crippen MR) is 60.2 cm³/mol. The van der Waals surface area contributed by atoms with E-state index in [0.717, 1.165) is 13.1 Å². The predicted octanol–water partition coefficient (Wildman–Crippen LogP) is 2.67. The van der Waals surface area contributed by atoms with Gasteiger partial charge in [-0.2, -0.15) is 0 Å². The van der Waals surface area contributed by atoms with E-state index in [9.17, 15) is 4.79 Å². The highest BCUT2D eigenvalue weighted by Crippen LogP contribution is 2.11. The lowest BCUT2D eigenvalue weighted by molar-refractivity contribution is -0.126. The Morgan fingerprint density at radius 2 is 2.43 bits per heavy atom. The molecule has 1 aromatic heterocycles. The summed E-state index contributed by atoms with van der Waals surface area (Å²) in [5, 5.41) is 2.03. The van der Waals surface area contributed by atoms with Crippen molar-refractivity contribution in [2.75, 3.05) is 6.54 Å². The smallest absolute Gasteiger partial charge is 0.246 e. The van der Waals surface area contributed by atoms with Gasteiger partial charge in [0.25, 0.3) is 0 Å². The van der Waals surface area contributed by atoms with E-state index in [-0.39, 0.29) is 5.91 Å². The Bertz CT molecular complexity index is 303. The van der Waals surface area contributed by atoms with Gasteiger partial charge < -0.3 is 4.90 Å². The highest BCUT2D eigenvalue weighted by molar-refractivity contribution is 7.09. The van der Waals surface area contributed by atoms with E-state index in [1.807, 2.05) is 30.2 Å². The van der Waals surface area contributed by atoms with Crippen LogP contribution in [0, 0.1) is 0 Å². The van der Waals surface area contributed by atoms with Crippen LogP contribution in [0.4, 0.5) is 0 Å². The molecule has 3 heteroatoms. The zero-order chi connectivity index (χ0) is 10.4. The quantitative estimate of drug-likeness (QED) is 0.698. The van der Waals surface area contributed by atoms with Crippen molar-refractivity contribution in [3.8, 4) is 0 Å². The van der Waals surface area contributed by atoms with E-state index in [1.54, 1.807) is 23.5 Å². The first kappa shape index (κ1) is 11.0. The molecule has 1 amide bonds. The maximum Gasteiger partial charge on any atom is 0.246 e. The molecule has 1 aromatic rings. The molecule has 0 aliphatic heterocycles. The van der Waals surface area contributed by atoms with Crippen LogP contribution in [0.25, 0.3) is 0 Å². The Hall–Kier alpha value is -1.09. The van der Waals surface area contributed by atoms with Crippen molar-refractivity contribution in [2.45, 2.75) is 20.4 Å². The van der Waals surface area contributed by atoms with E-state index < -0.39 is 0 Å². The van der Waals surface area contributed by atoms with Crippen LogP contribution in [0.15, 0.2) is 29.7 Å². The second kappa shape index (κ2) is 5.60. The molecule has 0 aliphatic carbocycles. The maximum atomic E-state index is 11.5. The summed E-state index contributed by atoms with van der Waals surface area (Å²) >= 11 is 1.68. The average Bonchev–Trinajstić information content (AvgIpc) is 2.66. The summed E-state index contributed by atoms with van der Waals surface area (Å²) in [4.78, 5) is 14.6. The number of carbonyl (C=O) groups is 1. The van der Waals surface area contributed by atoms with Gasteiger partial charge >= 0.3 is 0 Å². The van der Waals surface area contributed by atoms with Gasteiger partial charge in [0, 0.05) is 11.4 Å². The Balaban J connectivity index is 2.59. The third-order valence-electron chi connectivity index (χ3n) is 1.93. The summed E-state index contributed by atoms with van der Waals surface area (Å²) in [5.41, 5.74) is 0. The van der Waals surface area contributed by atoms with E-state index in [4.69, 9.17) is 0 Å². The van der Waals surface area contributed by atoms with Gasteiger partial charge in [0.05, 0.1) is 6.54 Å². The molecule has 2 nitrogen and oxygen atoms in total. The average molecular weight is 209 g/mol. The number of thiophene rings is 1. The Labute approximate surface area is 88.9 Å². The lowest BCUT2D eigenvalue weighted by Crippen LogP contribution is -2.28. The topological polar surface area (TPSA) is 20.3 Å². The minimum atomic E-state index is 0.0865. The molecule has 76 valence electrons. The number of allylic oxidation sites excluding steroid dienone is 1. The molecule has 0 fully saturated rings. The van der Waals surface area contributed by atoms with Crippen molar-refractivity contribution in [3.05, 3.63) is 34.5 Å². The molecule has 14 heavy (non-hydrogen) atoms. The largest absolute Gasteiger partial charge is 0.334 e. The summed E-state index contributed by atoms with van der Waals surface area (Å²) in [6.07, 6.45) is 3.39. The van der Waals surface area contributed by atoms with Crippen molar-refractivity contribution in [1.82, 2.24) is 4.90 Å². The van der Waals surface area contributed by atoms with Crippen molar-refractivity contribution in [2.24, 2.45) is 0 Å². The number of likely N-dealkylation sites (N-methyl/N-ethyl adjacent to an activating group) is 1. The summed E-state index contributed by atoms with van der Waals surface area (Å²) in [6.45, 7) is 5.32. The second-order valence-electron chi connectivity index (χ2n) is 2.93. The third-order valence-corrected chi connectivity index (χ3v) is 2.79. The SMILES string of the molecule is CC=CC(=O)N(CC)Cc1cccs1. The molecule has 0 unspecified atom stereocenters. The lowest BCUT2D eigenvalue weighted by Gasteiger charge is -2.17. The number of hydrogen-bond donors (Lipinski definition) is 0.